The van der Waals surface area contributed by atoms with Crippen LogP contribution >= 0.6 is 0 Å². The van der Waals surface area contributed by atoms with Gasteiger partial charge in [-0.25, -0.2) is 0 Å². The van der Waals surface area contributed by atoms with Crippen molar-refractivity contribution >= 4 is 11.5 Å². The van der Waals surface area contributed by atoms with Crippen molar-refractivity contribution in [2.75, 3.05) is 0 Å². The molecular formula is C23H29NO. The van der Waals surface area contributed by atoms with Gasteiger partial charge in [0.1, 0.15) is 0 Å². The lowest BCUT2D eigenvalue weighted by atomic mass is 9.48. The van der Waals surface area contributed by atoms with Crippen LogP contribution in [-0.2, 0) is 11.2 Å². The van der Waals surface area contributed by atoms with Crippen LogP contribution in [0.15, 0.2) is 30.3 Å². The van der Waals surface area contributed by atoms with E-state index in [4.69, 9.17) is 0 Å². The number of nitrogens with one attached hydrogen (secondary N) is 1. The van der Waals surface area contributed by atoms with Gasteiger partial charge >= 0.3 is 0 Å². The molecule has 1 heterocycles. The smallest absolute Gasteiger partial charge is 0.163 e. The maximum absolute atomic E-state index is 13.5. The number of carbonyl (C=O) groups excluding carboxylic acids is 1. The highest BCUT2D eigenvalue weighted by Gasteiger charge is 2.53. The van der Waals surface area contributed by atoms with Crippen LogP contribution in [0.2, 0.25) is 0 Å². The van der Waals surface area contributed by atoms with Gasteiger partial charge in [-0.05, 0) is 82.1 Å². The number of benzene rings is 1. The zero-order valence-corrected chi connectivity index (χ0v) is 15.5. The fourth-order valence-electron chi connectivity index (χ4n) is 6.70. The Morgan fingerprint density at radius 1 is 1.04 bits per heavy atom. The molecule has 4 fully saturated rings. The Kier molecular flexibility index (Phi) is 3.27. The number of ketones is 1. The molecule has 0 amide bonds. The van der Waals surface area contributed by atoms with E-state index < -0.39 is 0 Å². The molecule has 132 valence electrons. The minimum absolute atomic E-state index is 0.00192. The van der Waals surface area contributed by atoms with Crippen molar-refractivity contribution in [3.05, 3.63) is 41.5 Å². The number of allylic oxidation sites excluding steroid dienone is 1. The number of fused-ring (bicyclic) bond motifs is 1. The SMILES string of the molecule is CC1(C)Cc2ccccc2C(=CC(=O)C23CC4CC(CC(C4)C2)C3)N1. The summed E-state index contributed by atoms with van der Waals surface area (Å²) in [5.41, 5.74) is 3.59. The van der Waals surface area contributed by atoms with Gasteiger partial charge < -0.3 is 5.32 Å². The van der Waals surface area contributed by atoms with Gasteiger partial charge in [-0.1, -0.05) is 24.3 Å². The van der Waals surface area contributed by atoms with Gasteiger partial charge in [0.25, 0.3) is 0 Å². The molecule has 6 rings (SSSR count). The molecule has 0 atom stereocenters. The van der Waals surface area contributed by atoms with Gasteiger partial charge in [-0.2, -0.15) is 0 Å². The van der Waals surface area contributed by atoms with E-state index in [1.807, 2.05) is 6.08 Å². The zero-order valence-electron chi connectivity index (χ0n) is 15.5. The highest BCUT2D eigenvalue weighted by atomic mass is 16.1. The van der Waals surface area contributed by atoms with E-state index in [-0.39, 0.29) is 11.0 Å². The zero-order chi connectivity index (χ0) is 17.2. The van der Waals surface area contributed by atoms with Crippen molar-refractivity contribution in [3.8, 4) is 0 Å². The second-order valence-electron chi connectivity index (χ2n) is 9.96. The van der Waals surface area contributed by atoms with Crippen molar-refractivity contribution in [2.45, 2.75) is 64.3 Å². The predicted octanol–water partition coefficient (Wildman–Crippen LogP) is 4.74. The third-order valence-electron chi connectivity index (χ3n) is 7.25. The Morgan fingerprint density at radius 3 is 2.28 bits per heavy atom. The average Bonchev–Trinajstić information content (AvgIpc) is 2.52. The summed E-state index contributed by atoms with van der Waals surface area (Å²) in [6.45, 7) is 4.46. The summed E-state index contributed by atoms with van der Waals surface area (Å²) < 4.78 is 0. The Balaban J connectivity index is 1.51. The van der Waals surface area contributed by atoms with E-state index in [1.165, 1.54) is 30.4 Å². The second-order valence-corrected chi connectivity index (χ2v) is 9.96. The first-order valence-corrected chi connectivity index (χ1v) is 10.1. The van der Waals surface area contributed by atoms with Gasteiger partial charge in [0.15, 0.2) is 5.78 Å². The highest BCUT2D eigenvalue weighted by molar-refractivity contribution is 6.01. The van der Waals surface area contributed by atoms with Crippen molar-refractivity contribution in [2.24, 2.45) is 23.2 Å². The Labute approximate surface area is 151 Å². The van der Waals surface area contributed by atoms with Gasteiger partial charge in [0, 0.05) is 28.3 Å². The molecule has 4 saturated carbocycles. The van der Waals surface area contributed by atoms with E-state index in [2.05, 4.69) is 43.4 Å². The maximum Gasteiger partial charge on any atom is 0.163 e. The maximum atomic E-state index is 13.5. The van der Waals surface area contributed by atoms with Crippen LogP contribution in [0, 0.1) is 23.2 Å². The molecule has 0 unspecified atom stereocenters. The van der Waals surface area contributed by atoms with Gasteiger partial charge in [-0.3, -0.25) is 4.79 Å². The summed E-state index contributed by atoms with van der Waals surface area (Å²) in [4.78, 5) is 13.5. The summed E-state index contributed by atoms with van der Waals surface area (Å²) in [6.07, 6.45) is 10.6. The Morgan fingerprint density at radius 2 is 1.64 bits per heavy atom. The van der Waals surface area contributed by atoms with Crippen molar-refractivity contribution in [1.29, 1.82) is 0 Å². The standard InChI is InChI=1S/C23H29NO/c1-22(2)14-18-5-3-4-6-19(18)20(24-22)10-21(25)23-11-15-7-16(12-23)9-17(8-15)13-23/h3-6,10,15-17,24H,7-9,11-14H2,1-2H3. The van der Waals surface area contributed by atoms with Gasteiger partial charge in [0.2, 0.25) is 0 Å². The van der Waals surface area contributed by atoms with Crippen LogP contribution in [0.3, 0.4) is 0 Å². The molecule has 1 aromatic rings. The highest BCUT2D eigenvalue weighted by Crippen LogP contribution is 2.60. The summed E-state index contributed by atoms with van der Waals surface area (Å²) in [5.74, 6) is 2.85. The third-order valence-corrected chi connectivity index (χ3v) is 7.25. The molecule has 1 N–H and O–H groups in total. The molecule has 0 spiro atoms. The van der Waals surface area contributed by atoms with E-state index in [0.29, 0.717) is 5.78 Å². The van der Waals surface area contributed by atoms with Crippen LogP contribution in [0.1, 0.15) is 63.5 Å². The van der Waals surface area contributed by atoms with Crippen LogP contribution in [0.25, 0.3) is 5.70 Å². The van der Waals surface area contributed by atoms with E-state index in [1.54, 1.807) is 0 Å². The number of hydrogen-bond acceptors (Lipinski definition) is 2. The lowest BCUT2D eigenvalue weighted by molar-refractivity contribution is -0.138. The molecule has 2 nitrogen and oxygen atoms in total. The van der Waals surface area contributed by atoms with E-state index >= 15 is 0 Å². The van der Waals surface area contributed by atoms with Crippen molar-refractivity contribution in [1.82, 2.24) is 5.32 Å². The first kappa shape index (κ1) is 15.7. The molecule has 5 aliphatic rings. The first-order valence-electron chi connectivity index (χ1n) is 10.1. The second kappa shape index (κ2) is 5.22. The topological polar surface area (TPSA) is 29.1 Å². The Hall–Kier alpha value is -1.57. The monoisotopic (exact) mass is 335 g/mol. The van der Waals surface area contributed by atoms with Crippen LogP contribution in [-0.4, -0.2) is 11.3 Å². The molecule has 2 heteroatoms. The van der Waals surface area contributed by atoms with Crippen molar-refractivity contribution < 1.29 is 4.79 Å². The Bertz CT molecular complexity index is 722. The molecule has 0 saturated heterocycles. The lowest BCUT2D eigenvalue weighted by Crippen LogP contribution is -2.50. The molecule has 1 aromatic carbocycles. The van der Waals surface area contributed by atoms with Crippen molar-refractivity contribution in [3.63, 3.8) is 0 Å². The van der Waals surface area contributed by atoms with Crippen LogP contribution in [0.5, 0.6) is 0 Å². The minimum atomic E-state index is -0.0417. The molecule has 25 heavy (non-hydrogen) atoms. The molecule has 4 aliphatic carbocycles. The largest absolute Gasteiger partial charge is 0.379 e. The lowest BCUT2D eigenvalue weighted by Gasteiger charge is -2.55. The van der Waals surface area contributed by atoms with E-state index in [0.717, 1.165) is 49.1 Å². The van der Waals surface area contributed by atoms with Crippen LogP contribution in [0.4, 0.5) is 0 Å². The quantitative estimate of drug-likeness (QED) is 0.791. The molecular weight excluding hydrogens is 306 g/mol. The summed E-state index contributed by atoms with van der Waals surface area (Å²) in [5, 5.41) is 3.65. The van der Waals surface area contributed by atoms with Gasteiger partial charge in [-0.15, -0.1) is 0 Å². The summed E-state index contributed by atoms with van der Waals surface area (Å²) in [7, 11) is 0. The first-order chi connectivity index (χ1) is 11.9. The molecule has 1 aliphatic heterocycles. The van der Waals surface area contributed by atoms with Gasteiger partial charge in [0.05, 0.1) is 0 Å². The fraction of sp³-hybridized carbons (Fsp3) is 0.609. The number of rotatable bonds is 2. The molecule has 0 radical (unpaired) electrons. The molecule has 0 aromatic heterocycles. The van der Waals surface area contributed by atoms with E-state index in [9.17, 15) is 4.79 Å². The van der Waals surface area contributed by atoms with Crippen LogP contribution < -0.4 is 5.32 Å². The predicted molar refractivity (Wildman–Crippen MR) is 101 cm³/mol. The third kappa shape index (κ3) is 2.56. The summed E-state index contributed by atoms with van der Waals surface area (Å²) >= 11 is 0. The summed E-state index contributed by atoms with van der Waals surface area (Å²) in [6, 6.07) is 8.57. The minimum Gasteiger partial charge on any atom is -0.379 e. The number of carbonyl (C=O) groups is 1. The average molecular weight is 335 g/mol. The fourth-order valence-corrected chi connectivity index (χ4v) is 6.70. The number of hydrogen-bond donors (Lipinski definition) is 1. The normalized spacial score (nSPS) is 39.1. The molecule has 4 bridgehead atoms.